The number of fused-ring (bicyclic) bond motifs is 4. The third kappa shape index (κ3) is 5.80. The lowest BCUT2D eigenvalue weighted by Crippen LogP contribution is -2.28. The zero-order chi connectivity index (χ0) is 72.2. The Bertz CT molecular complexity index is 5180. The maximum absolute atomic E-state index is 10.5. The molecule has 0 spiro atoms. The summed E-state index contributed by atoms with van der Waals surface area (Å²) in [5.41, 5.74) is -18.8. The first-order chi connectivity index (χ1) is 45.1. The predicted octanol–water partition coefficient (Wildman–Crippen LogP) is 14.3. The Balaban J connectivity index is 1.37. The highest BCUT2D eigenvalue weighted by Gasteiger charge is 2.46. The first-order valence-electron chi connectivity index (χ1n) is 36.1. The van der Waals surface area contributed by atoms with Crippen molar-refractivity contribution in [2.75, 3.05) is 0 Å². The third-order valence-corrected chi connectivity index (χ3v) is 9.24. The van der Waals surface area contributed by atoms with Gasteiger partial charge >= 0.3 is 0 Å². The van der Waals surface area contributed by atoms with Crippen molar-refractivity contribution in [3.8, 4) is 67.3 Å². The summed E-state index contributed by atoms with van der Waals surface area (Å²) in [5, 5.41) is -2.05. The van der Waals surface area contributed by atoms with E-state index in [0.29, 0.717) is 0 Å². The minimum atomic E-state index is -3.42. The standard InChI is InChI=1S/C57H38N2/c1-5-17-39(18-6-1)40-29-31-41(32-30-40)54-38-55(59-56(58-54)42-19-7-2-8-20-42)51-36-35-46(47-25-13-14-26-48(47)51)43-33-34-50-49-27-15-16-28-52(49)57(53(50)37-43,44-21-9-3-10-22-44)45-23-11-4-12-24-45/h1-38H/i1D,2D,3D,4D,5D,6D,7D,8D,9D,10D,11D,12D,13D,14D,15D,16D,17D,18D,19D,20D,21D,22D,23D,24D,25D,26D,27D,28D,29D,30D,31D,32D,33D,34D,35D,36D,37D,38D. The summed E-state index contributed by atoms with van der Waals surface area (Å²) in [4.78, 5) is 8.64. The van der Waals surface area contributed by atoms with E-state index < -0.39 is 335 Å². The van der Waals surface area contributed by atoms with Gasteiger partial charge in [-0.05, 0) is 78.5 Å². The summed E-state index contributed by atoms with van der Waals surface area (Å²) in [5.74, 6) is -1.06. The van der Waals surface area contributed by atoms with Crippen LogP contribution in [-0.4, -0.2) is 9.97 Å². The van der Waals surface area contributed by atoms with Crippen LogP contribution in [0.4, 0.5) is 0 Å². The maximum atomic E-state index is 10.5. The normalized spacial score (nSPS) is 21.6. The lowest BCUT2D eigenvalue weighted by molar-refractivity contribution is 0.769. The number of aromatic nitrogens is 2. The van der Waals surface area contributed by atoms with Gasteiger partial charge in [0, 0.05) is 16.7 Å². The molecule has 11 rings (SSSR count). The second-order valence-electron chi connectivity index (χ2n) is 12.4. The van der Waals surface area contributed by atoms with Crippen LogP contribution < -0.4 is 0 Å². The largest absolute Gasteiger partial charge is 0.228 e. The molecule has 1 aromatic heterocycles. The van der Waals surface area contributed by atoms with E-state index >= 15 is 0 Å². The fourth-order valence-corrected chi connectivity index (χ4v) is 6.76. The van der Waals surface area contributed by atoms with E-state index in [1.807, 2.05) is 0 Å². The molecule has 0 saturated carbocycles. The van der Waals surface area contributed by atoms with Crippen molar-refractivity contribution in [1.82, 2.24) is 9.97 Å². The van der Waals surface area contributed by atoms with Crippen LogP contribution in [0.5, 0.6) is 0 Å². The fourth-order valence-electron chi connectivity index (χ4n) is 6.76. The van der Waals surface area contributed by atoms with Crippen molar-refractivity contribution in [3.63, 3.8) is 0 Å². The van der Waals surface area contributed by atoms with E-state index in [1.54, 1.807) is 0 Å². The highest BCUT2D eigenvalue weighted by Crippen LogP contribution is 2.57. The molecule has 0 unspecified atom stereocenters. The number of nitrogens with zero attached hydrogens (tertiary/aromatic N) is 2. The predicted molar refractivity (Wildman–Crippen MR) is 244 cm³/mol. The summed E-state index contributed by atoms with van der Waals surface area (Å²) >= 11 is 0. The monoisotopic (exact) mass is 789 g/mol. The second-order valence-corrected chi connectivity index (χ2v) is 12.4. The zero-order valence-corrected chi connectivity index (χ0v) is 29.4. The Labute approximate surface area is 398 Å². The molecule has 276 valence electrons. The molecule has 0 amide bonds. The average Bonchev–Trinajstić information content (AvgIpc) is 1.51. The molecule has 0 aliphatic heterocycles. The van der Waals surface area contributed by atoms with Crippen LogP contribution >= 0.6 is 0 Å². The molecular weight excluding hydrogens is 713 g/mol. The molecule has 0 bridgehead atoms. The Morgan fingerprint density at radius 1 is 0.305 bits per heavy atom. The molecule has 0 N–H and O–H groups in total. The van der Waals surface area contributed by atoms with Crippen molar-refractivity contribution in [1.29, 1.82) is 0 Å². The van der Waals surface area contributed by atoms with E-state index in [9.17, 15) is 24.7 Å². The van der Waals surface area contributed by atoms with E-state index in [0.717, 1.165) is 0 Å². The Morgan fingerprint density at radius 3 is 1.44 bits per heavy atom. The molecule has 1 aliphatic rings. The Kier molecular flexibility index (Phi) is 3.21. The molecule has 0 fully saturated rings. The first-order valence-corrected chi connectivity index (χ1v) is 17.1. The number of hydrogen-bond donors (Lipinski definition) is 0. The van der Waals surface area contributed by atoms with Gasteiger partial charge < -0.3 is 0 Å². The van der Waals surface area contributed by atoms with Crippen molar-refractivity contribution >= 4 is 10.8 Å². The quantitative estimate of drug-likeness (QED) is 0.161. The summed E-state index contributed by atoms with van der Waals surface area (Å²) < 4.78 is 348. The van der Waals surface area contributed by atoms with Gasteiger partial charge in [-0.3, -0.25) is 0 Å². The van der Waals surface area contributed by atoms with Crippen molar-refractivity contribution in [2.24, 2.45) is 0 Å². The smallest absolute Gasteiger partial charge is 0.160 e. The van der Waals surface area contributed by atoms with Crippen LogP contribution in [0.2, 0.25) is 0 Å². The average molecular weight is 789 g/mol. The molecule has 9 aromatic carbocycles. The van der Waals surface area contributed by atoms with Crippen molar-refractivity contribution < 1.29 is 52.1 Å². The van der Waals surface area contributed by atoms with Crippen LogP contribution in [0.25, 0.3) is 78.1 Å². The van der Waals surface area contributed by atoms with Crippen LogP contribution in [0.3, 0.4) is 0 Å². The topological polar surface area (TPSA) is 25.8 Å². The number of rotatable bonds is 7. The fraction of sp³-hybridized carbons (Fsp3) is 0.0175. The maximum Gasteiger partial charge on any atom is 0.160 e. The highest BCUT2D eigenvalue weighted by atomic mass is 14.9. The van der Waals surface area contributed by atoms with Gasteiger partial charge in [-0.2, -0.15) is 0 Å². The van der Waals surface area contributed by atoms with Crippen LogP contribution in [0.15, 0.2) is 230 Å². The van der Waals surface area contributed by atoms with E-state index in [4.69, 9.17) is 27.4 Å². The Morgan fingerprint density at radius 2 is 0.763 bits per heavy atom. The molecule has 0 saturated heterocycles. The van der Waals surface area contributed by atoms with Gasteiger partial charge in [0.05, 0.1) is 68.9 Å². The number of hydrogen-bond acceptors (Lipinski definition) is 2. The molecule has 2 nitrogen and oxygen atoms in total. The van der Waals surface area contributed by atoms with E-state index in [-0.39, 0.29) is 0 Å². The lowest BCUT2D eigenvalue weighted by Gasteiger charge is -2.34. The summed E-state index contributed by atoms with van der Waals surface area (Å²) in [7, 11) is 0. The highest BCUT2D eigenvalue weighted by molar-refractivity contribution is 6.05. The lowest BCUT2D eigenvalue weighted by atomic mass is 9.67. The van der Waals surface area contributed by atoms with Gasteiger partial charge in [-0.1, -0.05) is 218 Å². The number of benzene rings is 9. The molecular formula is C57H38N2. The molecule has 59 heavy (non-hydrogen) atoms. The van der Waals surface area contributed by atoms with Gasteiger partial charge in [-0.15, -0.1) is 0 Å². The second kappa shape index (κ2) is 14.4. The first kappa shape index (κ1) is 13.2. The van der Waals surface area contributed by atoms with Crippen LogP contribution in [0, 0.1) is 0 Å². The Hall–Kier alpha value is -7.68. The zero-order valence-electron chi connectivity index (χ0n) is 67.4. The molecule has 1 aliphatic carbocycles. The van der Waals surface area contributed by atoms with Gasteiger partial charge in [0.25, 0.3) is 0 Å². The van der Waals surface area contributed by atoms with Crippen molar-refractivity contribution in [2.45, 2.75) is 5.41 Å². The van der Waals surface area contributed by atoms with Gasteiger partial charge in [0.1, 0.15) is 0 Å². The molecule has 1 heterocycles. The minimum absolute atomic E-state index is 0.816. The molecule has 10 aromatic rings. The van der Waals surface area contributed by atoms with Crippen LogP contribution in [0.1, 0.15) is 74.3 Å². The van der Waals surface area contributed by atoms with Gasteiger partial charge in [-0.25, -0.2) is 9.97 Å². The van der Waals surface area contributed by atoms with Gasteiger partial charge in [0.15, 0.2) is 5.82 Å². The van der Waals surface area contributed by atoms with Crippen LogP contribution in [-0.2, 0) is 5.41 Å². The van der Waals surface area contributed by atoms with Gasteiger partial charge in [0.2, 0.25) is 0 Å². The minimum Gasteiger partial charge on any atom is -0.228 e. The van der Waals surface area contributed by atoms with Crippen molar-refractivity contribution in [3.05, 3.63) is 252 Å². The molecule has 0 atom stereocenters. The third-order valence-electron chi connectivity index (χ3n) is 9.24. The summed E-state index contributed by atoms with van der Waals surface area (Å²) in [6.45, 7) is 0. The summed E-state index contributed by atoms with van der Waals surface area (Å²) in [6.07, 6.45) is 0. The van der Waals surface area contributed by atoms with E-state index in [2.05, 4.69) is 9.97 Å². The molecule has 2 heteroatoms. The van der Waals surface area contributed by atoms with E-state index in [1.165, 1.54) is 0 Å². The SMILES string of the molecule is [2H]c1c(-c2c([2H])c([2H])c(-c3c([2H])c([2H])c([2H])c([2H])c3[2H])c([2H])c2[2H])nc(-c2c([2H])c([2H])c([2H])c([2H])c2[2H])nc1-c1c([2H])c([2H])c(-c2c([2H])c([2H])c3c(c2[2H])C(c2c([2H])c([2H])c([2H])c([2H])c2[2H])(c2c([2H])c([2H])c([2H])c([2H])c2[2H])c2c([2H])c([2H])c([2H])c([2H])c2-3)c2c([2H])c([2H])c([2H])c([2H])c12. The summed E-state index contributed by atoms with van der Waals surface area (Å²) in [6, 6.07) is -43.8. The molecule has 0 radical (unpaired) electrons.